The molecule has 0 saturated carbocycles. The van der Waals surface area contributed by atoms with Gasteiger partial charge in [0, 0.05) is 29.1 Å². The highest BCUT2D eigenvalue weighted by atomic mass is 19.1. The molecule has 0 aliphatic heterocycles. The topological polar surface area (TPSA) is 51.8 Å². The number of hydrogen-bond acceptors (Lipinski definition) is 3. The summed E-state index contributed by atoms with van der Waals surface area (Å²) >= 11 is 0. The van der Waals surface area contributed by atoms with Gasteiger partial charge in [0.2, 0.25) is 0 Å². The van der Waals surface area contributed by atoms with E-state index in [1.54, 1.807) is 25.3 Å². The lowest BCUT2D eigenvalue weighted by Crippen LogP contribution is -2.09. The summed E-state index contributed by atoms with van der Waals surface area (Å²) in [4.78, 5) is 8.71. The molecule has 0 unspecified atom stereocenters. The van der Waals surface area contributed by atoms with Crippen molar-refractivity contribution in [3.05, 3.63) is 47.0 Å². The second-order valence-corrected chi connectivity index (χ2v) is 4.49. The molecule has 2 N–H and O–H groups in total. The van der Waals surface area contributed by atoms with Crippen LogP contribution in [-0.2, 0) is 0 Å². The van der Waals surface area contributed by atoms with E-state index in [-0.39, 0.29) is 11.9 Å². The van der Waals surface area contributed by atoms with Gasteiger partial charge in [0.25, 0.3) is 0 Å². The van der Waals surface area contributed by atoms with Crippen molar-refractivity contribution in [2.24, 2.45) is 5.73 Å². The fourth-order valence-corrected chi connectivity index (χ4v) is 1.85. The largest absolute Gasteiger partial charge is 0.324 e. The molecule has 0 saturated heterocycles. The van der Waals surface area contributed by atoms with Crippen LogP contribution in [0.4, 0.5) is 4.39 Å². The number of rotatable bonds is 2. The van der Waals surface area contributed by atoms with Gasteiger partial charge in [0.15, 0.2) is 5.82 Å². The zero-order valence-corrected chi connectivity index (χ0v) is 10.7. The van der Waals surface area contributed by atoms with Crippen LogP contribution in [0.3, 0.4) is 0 Å². The molecule has 0 aliphatic carbocycles. The molecule has 1 aromatic carbocycles. The van der Waals surface area contributed by atoms with E-state index in [1.807, 2.05) is 13.8 Å². The third kappa shape index (κ3) is 2.38. The van der Waals surface area contributed by atoms with Gasteiger partial charge in [-0.15, -0.1) is 0 Å². The highest BCUT2D eigenvalue weighted by Crippen LogP contribution is 2.20. The first kappa shape index (κ1) is 12.6. The fraction of sp³-hybridized carbons (Fsp3) is 0.286. The molecule has 0 radical (unpaired) electrons. The van der Waals surface area contributed by atoms with Gasteiger partial charge in [-0.1, -0.05) is 0 Å². The first-order valence-corrected chi connectivity index (χ1v) is 5.84. The van der Waals surface area contributed by atoms with Crippen LogP contribution in [0, 0.1) is 19.7 Å². The molecule has 0 spiro atoms. The molecule has 2 aromatic rings. The van der Waals surface area contributed by atoms with Crippen molar-refractivity contribution in [1.29, 1.82) is 0 Å². The summed E-state index contributed by atoms with van der Waals surface area (Å²) in [5.41, 5.74) is 9.01. The smallest absolute Gasteiger partial charge is 0.159 e. The van der Waals surface area contributed by atoms with Gasteiger partial charge in [-0.3, -0.25) is 0 Å². The van der Waals surface area contributed by atoms with Gasteiger partial charge in [0.1, 0.15) is 5.82 Å². The summed E-state index contributed by atoms with van der Waals surface area (Å²) in [6.07, 6.45) is 1.74. The molecule has 4 heteroatoms. The number of nitrogens with two attached hydrogens (primary N) is 1. The van der Waals surface area contributed by atoms with Crippen molar-refractivity contribution >= 4 is 0 Å². The van der Waals surface area contributed by atoms with Crippen LogP contribution < -0.4 is 5.73 Å². The summed E-state index contributed by atoms with van der Waals surface area (Å²) in [6, 6.07) is 4.77. The Morgan fingerprint density at radius 3 is 2.56 bits per heavy atom. The van der Waals surface area contributed by atoms with Crippen molar-refractivity contribution in [1.82, 2.24) is 9.97 Å². The normalized spacial score (nSPS) is 12.5. The second kappa shape index (κ2) is 4.82. The SMILES string of the molecule is Cc1cc(-c2ncc([C@H](C)N)c(C)n2)ccc1F. The van der Waals surface area contributed by atoms with Crippen LogP contribution in [0.2, 0.25) is 0 Å². The second-order valence-electron chi connectivity index (χ2n) is 4.49. The highest BCUT2D eigenvalue weighted by molar-refractivity contribution is 5.56. The first-order chi connectivity index (χ1) is 8.49. The van der Waals surface area contributed by atoms with Crippen molar-refractivity contribution in [2.75, 3.05) is 0 Å². The van der Waals surface area contributed by atoms with E-state index in [4.69, 9.17) is 5.73 Å². The molecule has 0 amide bonds. The van der Waals surface area contributed by atoms with Gasteiger partial charge in [-0.2, -0.15) is 0 Å². The molecule has 94 valence electrons. The Labute approximate surface area is 106 Å². The Bertz CT molecular complexity index is 579. The number of nitrogens with zero attached hydrogens (tertiary/aromatic N) is 2. The van der Waals surface area contributed by atoms with Gasteiger partial charge in [0.05, 0.1) is 0 Å². The molecular formula is C14H16FN3. The monoisotopic (exact) mass is 245 g/mol. The van der Waals surface area contributed by atoms with Crippen molar-refractivity contribution in [3.63, 3.8) is 0 Å². The standard InChI is InChI=1S/C14H16FN3/c1-8-6-11(4-5-13(8)15)14-17-7-12(9(2)16)10(3)18-14/h4-7,9H,16H2,1-3H3/t9-/m0/s1. The van der Waals surface area contributed by atoms with E-state index in [1.165, 1.54) is 6.07 Å². The number of benzene rings is 1. The molecule has 1 aromatic heterocycles. The van der Waals surface area contributed by atoms with E-state index >= 15 is 0 Å². The average Bonchev–Trinajstić information content (AvgIpc) is 2.32. The minimum absolute atomic E-state index is 0.0889. The maximum absolute atomic E-state index is 13.2. The summed E-state index contributed by atoms with van der Waals surface area (Å²) in [6.45, 7) is 5.52. The van der Waals surface area contributed by atoms with E-state index in [9.17, 15) is 4.39 Å². The molecule has 1 atom stereocenters. The lowest BCUT2D eigenvalue weighted by Gasteiger charge is -2.10. The molecule has 0 fully saturated rings. The lowest BCUT2D eigenvalue weighted by atomic mass is 10.1. The quantitative estimate of drug-likeness (QED) is 0.885. The van der Waals surface area contributed by atoms with Crippen LogP contribution in [0.15, 0.2) is 24.4 Å². The van der Waals surface area contributed by atoms with Crippen LogP contribution in [0.1, 0.15) is 29.8 Å². The molecule has 18 heavy (non-hydrogen) atoms. The van der Waals surface area contributed by atoms with E-state index in [0.29, 0.717) is 11.4 Å². The Balaban J connectivity index is 2.45. The number of aromatic nitrogens is 2. The maximum atomic E-state index is 13.2. The fourth-order valence-electron chi connectivity index (χ4n) is 1.85. The summed E-state index contributed by atoms with van der Waals surface area (Å²) in [5.74, 6) is 0.377. The van der Waals surface area contributed by atoms with E-state index < -0.39 is 0 Å². The van der Waals surface area contributed by atoms with Gasteiger partial charge < -0.3 is 5.73 Å². The predicted molar refractivity (Wildman–Crippen MR) is 69.5 cm³/mol. The Morgan fingerprint density at radius 1 is 1.28 bits per heavy atom. The molecule has 0 bridgehead atoms. The highest BCUT2D eigenvalue weighted by Gasteiger charge is 2.09. The summed E-state index contributed by atoms with van der Waals surface area (Å²) < 4.78 is 13.2. The van der Waals surface area contributed by atoms with Crippen molar-refractivity contribution < 1.29 is 4.39 Å². The Morgan fingerprint density at radius 2 is 2.00 bits per heavy atom. The van der Waals surface area contributed by atoms with Crippen LogP contribution in [-0.4, -0.2) is 9.97 Å². The molecule has 1 heterocycles. The molecule has 3 nitrogen and oxygen atoms in total. The average molecular weight is 245 g/mol. The minimum atomic E-state index is -0.220. The number of hydrogen-bond donors (Lipinski definition) is 1. The van der Waals surface area contributed by atoms with Crippen molar-refractivity contribution in [3.8, 4) is 11.4 Å². The third-order valence-electron chi connectivity index (χ3n) is 2.92. The van der Waals surface area contributed by atoms with Crippen LogP contribution >= 0.6 is 0 Å². The predicted octanol–water partition coefficient (Wildman–Crippen LogP) is 2.92. The summed E-state index contributed by atoms with van der Waals surface area (Å²) in [5, 5.41) is 0. The van der Waals surface area contributed by atoms with Crippen LogP contribution in [0.5, 0.6) is 0 Å². The number of aryl methyl sites for hydroxylation is 2. The molecular weight excluding hydrogens is 229 g/mol. The summed E-state index contributed by atoms with van der Waals surface area (Å²) in [7, 11) is 0. The number of halogens is 1. The van der Waals surface area contributed by atoms with E-state index in [0.717, 1.165) is 16.8 Å². The first-order valence-electron chi connectivity index (χ1n) is 5.84. The third-order valence-corrected chi connectivity index (χ3v) is 2.92. The maximum Gasteiger partial charge on any atom is 0.159 e. The van der Waals surface area contributed by atoms with E-state index in [2.05, 4.69) is 9.97 Å². The Hall–Kier alpha value is -1.81. The Kier molecular flexibility index (Phi) is 3.39. The van der Waals surface area contributed by atoms with Gasteiger partial charge >= 0.3 is 0 Å². The zero-order chi connectivity index (χ0) is 13.3. The molecule has 2 rings (SSSR count). The molecule has 0 aliphatic rings. The minimum Gasteiger partial charge on any atom is -0.324 e. The zero-order valence-electron chi connectivity index (χ0n) is 10.7. The van der Waals surface area contributed by atoms with Gasteiger partial charge in [-0.05, 0) is 44.5 Å². The van der Waals surface area contributed by atoms with Crippen molar-refractivity contribution in [2.45, 2.75) is 26.8 Å². The van der Waals surface area contributed by atoms with Gasteiger partial charge in [-0.25, -0.2) is 14.4 Å². The van der Waals surface area contributed by atoms with Crippen LogP contribution in [0.25, 0.3) is 11.4 Å². The lowest BCUT2D eigenvalue weighted by molar-refractivity contribution is 0.618.